The minimum absolute atomic E-state index is 0.103. The summed E-state index contributed by atoms with van der Waals surface area (Å²) in [6, 6.07) is 7.21. The lowest BCUT2D eigenvalue weighted by Gasteiger charge is -2.12. The third kappa shape index (κ3) is 4.03. The number of carbonyl (C=O) groups is 1. The van der Waals surface area contributed by atoms with Crippen LogP contribution in [-0.4, -0.2) is 25.9 Å². The van der Waals surface area contributed by atoms with E-state index in [1.807, 2.05) is 23.6 Å². The Balaban J connectivity index is 1.69. The Kier molecular flexibility index (Phi) is 5.39. The molecule has 3 rings (SSSR count). The lowest BCUT2D eigenvalue weighted by molar-refractivity contribution is -0.120. The summed E-state index contributed by atoms with van der Waals surface area (Å²) < 4.78 is 12.5. The average molecular weight is 358 g/mol. The van der Waals surface area contributed by atoms with Crippen molar-refractivity contribution in [3.8, 4) is 11.6 Å². The summed E-state index contributed by atoms with van der Waals surface area (Å²) >= 11 is 1.33. The van der Waals surface area contributed by atoms with E-state index in [0.717, 1.165) is 0 Å². The molecule has 1 atom stereocenters. The van der Waals surface area contributed by atoms with Gasteiger partial charge in [-0.05, 0) is 31.2 Å². The first-order chi connectivity index (χ1) is 12.2. The van der Waals surface area contributed by atoms with Crippen LogP contribution in [0.25, 0.3) is 11.6 Å². The molecule has 130 valence electrons. The Morgan fingerprint density at radius 3 is 2.84 bits per heavy atom. The van der Waals surface area contributed by atoms with E-state index >= 15 is 0 Å². The van der Waals surface area contributed by atoms with E-state index in [2.05, 4.69) is 22.1 Å². The van der Waals surface area contributed by atoms with Crippen molar-refractivity contribution >= 4 is 17.7 Å². The fraction of sp³-hybridized carbons (Fsp3) is 0.235. The zero-order valence-electron chi connectivity index (χ0n) is 13.7. The standard InChI is InChI=1S/C17H18N4O3S/c1-3-8-21-15(14-7-5-10-24-14)19-20-17(21)25-12(2)16(22)18-11-13-6-4-9-23-13/h3-7,9-10,12H,1,8,11H2,2H3,(H,18,22). The van der Waals surface area contributed by atoms with Gasteiger partial charge in [0.25, 0.3) is 0 Å². The van der Waals surface area contributed by atoms with Crippen LogP contribution in [0.3, 0.4) is 0 Å². The highest BCUT2D eigenvalue weighted by molar-refractivity contribution is 8.00. The van der Waals surface area contributed by atoms with Gasteiger partial charge in [-0.3, -0.25) is 9.36 Å². The number of allylic oxidation sites excluding steroid dienone is 1. The number of carbonyl (C=O) groups excluding carboxylic acids is 1. The second-order valence-corrected chi connectivity index (χ2v) is 6.55. The van der Waals surface area contributed by atoms with Crippen molar-refractivity contribution in [1.29, 1.82) is 0 Å². The molecular formula is C17H18N4O3S. The van der Waals surface area contributed by atoms with Crippen molar-refractivity contribution in [2.45, 2.75) is 30.4 Å². The van der Waals surface area contributed by atoms with E-state index in [1.54, 1.807) is 30.7 Å². The topological polar surface area (TPSA) is 86.1 Å². The first-order valence-corrected chi connectivity index (χ1v) is 8.61. The van der Waals surface area contributed by atoms with E-state index in [4.69, 9.17) is 8.83 Å². The Hall–Kier alpha value is -2.74. The van der Waals surface area contributed by atoms with Crippen molar-refractivity contribution in [2.24, 2.45) is 0 Å². The molecule has 3 aromatic rings. The summed E-state index contributed by atoms with van der Waals surface area (Å²) in [6.07, 6.45) is 4.91. The Labute approximate surface area is 149 Å². The summed E-state index contributed by atoms with van der Waals surface area (Å²) in [5, 5.41) is 11.5. The van der Waals surface area contributed by atoms with Crippen LogP contribution in [0.15, 0.2) is 63.4 Å². The molecule has 0 saturated carbocycles. The number of nitrogens with zero attached hydrogens (tertiary/aromatic N) is 3. The highest BCUT2D eigenvalue weighted by Gasteiger charge is 2.21. The van der Waals surface area contributed by atoms with Crippen LogP contribution in [0.4, 0.5) is 0 Å². The molecule has 0 aromatic carbocycles. The first kappa shape index (κ1) is 17.1. The fourth-order valence-electron chi connectivity index (χ4n) is 2.20. The monoisotopic (exact) mass is 358 g/mol. The molecule has 0 aliphatic carbocycles. The van der Waals surface area contributed by atoms with E-state index in [-0.39, 0.29) is 11.2 Å². The summed E-state index contributed by atoms with van der Waals surface area (Å²) in [7, 11) is 0. The van der Waals surface area contributed by atoms with Crippen LogP contribution in [0.1, 0.15) is 12.7 Å². The lowest BCUT2D eigenvalue weighted by atomic mass is 10.4. The smallest absolute Gasteiger partial charge is 0.233 e. The second-order valence-electron chi connectivity index (χ2n) is 5.24. The molecule has 25 heavy (non-hydrogen) atoms. The zero-order valence-corrected chi connectivity index (χ0v) is 14.5. The third-order valence-corrected chi connectivity index (χ3v) is 4.52. The van der Waals surface area contributed by atoms with Crippen LogP contribution in [0, 0.1) is 0 Å². The number of nitrogens with one attached hydrogen (secondary N) is 1. The first-order valence-electron chi connectivity index (χ1n) is 7.73. The Morgan fingerprint density at radius 1 is 1.36 bits per heavy atom. The molecule has 0 spiro atoms. The normalized spacial score (nSPS) is 12.0. The number of amides is 1. The van der Waals surface area contributed by atoms with Gasteiger partial charge in [0.05, 0.1) is 24.3 Å². The molecule has 0 bridgehead atoms. The van der Waals surface area contributed by atoms with Crippen LogP contribution >= 0.6 is 11.8 Å². The molecule has 1 amide bonds. The van der Waals surface area contributed by atoms with E-state index in [9.17, 15) is 4.79 Å². The molecule has 0 radical (unpaired) electrons. The predicted molar refractivity (Wildman–Crippen MR) is 93.8 cm³/mol. The van der Waals surface area contributed by atoms with Crippen molar-refractivity contribution in [3.05, 3.63) is 55.2 Å². The molecule has 0 aliphatic rings. The maximum atomic E-state index is 12.3. The Morgan fingerprint density at radius 2 is 2.16 bits per heavy atom. The van der Waals surface area contributed by atoms with Gasteiger partial charge < -0.3 is 14.2 Å². The predicted octanol–water partition coefficient (Wildman–Crippen LogP) is 3.11. The number of hydrogen-bond donors (Lipinski definition) is 1. The summed E-state index contributed by atoms with van der Waals surface area (Å²) in [5.41, 5.74) is 0. The van der Waals surface area contributed by atoms with Gasteiger partial charge in [0.1, 0.15) is 5.76 Å². The number of hydrogen-bond acceptors (Lipinski definition) is 6. The molecular weight excluding hydrogens is 340 g/mol. The fourth-order valence-corrected chi connectivity index (χ4v) is 3.08. The van der Waals surface area contributed by atoms with Gasteiger partial charge in [-0.2, -0.15) is 0 Å². The summed E-state index contributed by atoms with van der Waals surface area (Å²) in [4.78, 5) is 12.3. The van der Waals surface area contributed by atoms with E-state index < -0.39 is 0 Å². The lowest BCUT2D eigenvalue weighted by Crippen LogP contribution is -2.30. The quantitative estimate of drug-likeness (QED) is 0.492. The molecule has 3 heterocycles. The van der Waals surface area contributed by atoms with Crippen LogP contribution in [0.2, 0.25) is 0 Å². The third-order valence-electron chi connectivity index (χ3n) is 3.44. The highest BCUT2D eigenvalue weighted by atomic mass is 32.2. The molecule has 1 unspecified atom stereocenters. The minimum atomic E-state index is -0.341. The molecule has 1 N–H and O–H groups in total. The van der Waals surface area contributed by atoms with Gasteiger partial charge in [0, 0.05) is 6.54 Å². The second kappa shape index (κ2) is 7.89. The number of rotatable bonds is 8. The molecule has 3 aromatic heterocycles. The maximum absolute atomic E-state index is 12.3. The SMILES string of the molecule is C=CCn1c(SC(C)C(=O)NCc2ccco2)nnc1-c1ccco1. The molecule has 7 nitrogen and oxygen atoms in total. The maximum Gasteiger partial charge on any atom is 0.233 e. The van der Waals surface area contributed by atoms with Gasteiger partial charge in [0.15, 0.2) is 10.9 Å². The van der Waals surface area contributed by atoms with Gasteiger partial charge >= 0.3 is 0 Å². The number of aromatic nitrogens is 3. The van der Waals surface area contributed by atoms with Crippen molar-refractivity contribution in [3.63, 3.8) is 0 Å². The molecule has 0 fully saturated rings. The summed E-state index contributed by atoms with van der Waals surface area (Å²) in [6.45, 7) is 6.46. The van der Waals surface area contributed by atoms with Gasteiger partial charge in [-0.25, -0.2) is 0 Å². The van der Waals surface area contributed by atoms with Crippen molar-refractivity contribution < 1.29 is 13.6 Å². The van der Waals surface area contributed by atoms with E-state index in [1.165, 1.54) is 11.8 Å². The van der Waals surface area contributed by atoms with Crippen molar-refractivity contribution in [1.82, 2.24) is 20.1 Å². The molecule has 0 saturated heterocycles. The highest BCUT2D eigenvalue weighted by Crippen LogP contribution is 2.27. The van der Waals surface area contributed by atoms with Crippen molar-refractivity contribution in [2.75, 3.05) is 0 Å². The molecule has 8 heteroatoms. The van der Waals surface area contributed by atoms with Gasteiger partial charge in [0.2, 0.25) is 11.7 Å². The summed E-state index contributed by atoms with van der Waals surface area (Å²) in [5.74, 6) is 1.83. The Bertz CT molecular complexity index is 824. The van der Waals surface area contributed by atoms with Gasteiger partial charge in [-0.1, -0.05) is 17.8 Å². The minimum Gasteiger partial charge on any atom is -0.467 e. The van der Waals surface area contributed by atoms with Crippen LogP contribution in [0.5, 0.6) is 0 Å². The number of furan rings is 2. The average Bonchev–Trinajstić information content (AvgIpc) is 3.35. The zero-order chi connectivity index (χ0) is 17.6. The largest absolute Gasteiger partial charge is 0.467 e. The molecule has 0 aliphatic heterocycles. The van der Waals surface area contributed by atoms with Gasteiger partial charge in [-0.15, -0.1) is 16.8 Å². The number of thioether (sulfide) groups is 1. The van der Waals surface area contributed by atoms with E-state index in [0.29, 0.717) is 35.6 Å². The van der Waals surface area contributed by atoms with Crippen LogP contribution in [-0.2, 0) is 17.9 Å². The van der Waals surface area contributed by atoms with Crippen LogP contribution < -0.4 is 5.32 Å².